The molecule has 0 aromatic carbocycles. The molecule has 0 aliphatic heterocycles. The normalized spacial score (nSPS) is 12.2. The third-order valence-corrected chi connectivity index (χ3v) is 3.05. The minimum absolute atomic E-state index is 0.580. The summed E-state index contributed by atoms with van der Waals surface area (Å²) in [5.74, 6) is 0. The van der Waals surface area contributed by atoms with Crippen LogP contribution in [0.3, 0.4) is 0 Å². The van der Waals surface area contributed by atoms with E-state index in [1.165, 1.54) is 11.4 Å². The maximum atomic E-state index is 8.00. The topological polar surface area (TPSA) is 34.1 Å². The molecule has 0 fully saturated rings. The van der Waals surface area contributed by atoms with Gasteiger partial charge >= 0.3 is 57.9 Å². The number of hydrogen-bond acceptors (Lipinski definition) is 2. The van der Waals surface area contributed by atoms with Crippen LogP contribution < -0.4 is 0 Å². The first-order chi connectivity index (χ1) is 5.93. The summed E-state index contributed by atoms with van der Waals surface area (Å²) < 4.78 is 1.68. The summed E-state index contributed by atoms with van der Waals surface area (Å²) in [5.41, 5.74) is 0. The molecule has 70 valence electrons. The van der Waals surface area contributed by atoms with Crippen molar-refractivity contribution in [3.8, 4) is 0 Å². The van der Waals surface area contributed by atoms with Crippen molar-refractivity contribution >= 4 is 13.6 Å². The van der Waals surface area contributed by atoms with Crippen LogP contribution in [0.25, 0.3) is 0 Å². The van der Waals surface area contributed by atoms with Crippen molar-refractivity contribution in [2.24, 2.45) is 0 Å². The molecule has 1 aliphatic rings. The van der Waals surface area contributed by atoms with Crippen LogP contribution >= 0.6 is 0 Å². The zero-order valence-electron chi connectivity index (χ0n) is 7.23. The molecule has 0 atom stereocenters. The number of carbonyl (C=O) groups excluding carboxylic acids is 2. The van der Waals surface area contributed by atoms with Gasteiger partial charge in [-0.15, -0.1) is 0 Å². The van der Waals surface area contributed by atoms with Gasteiger partial charge in [-0.2, -0.15) is 0 Å². The quantitative estimate of drug-likeness (QED) is 0.707. The molecule has 3 heteroatoms. The Bertz CT molecular complexity index is 151. The van der Waals surface area contributed by atoms with E-state index in [1.54, 1.807) is 4.17 Å². The predicted molar refractivity (Wildman–Crippen MR) is 46.6 cm³/mol. The van der Waals surface area contributed by atoms with Gasteiger partial charge in [-0.3, -0.25) is 0 Å². The molecule has 0 aromatic rings. The maximum absolute atomic E-state index is 8.00. The number of allylic oxidation sites excluding steroid dienone is 4. The molecule has 0 spiro atoms. The number of hydrogen-bond donors (Lipinski definition) is 0. The van der Waals surface area contributed by atoms with Crippen LogP contribution in [0, 0.1) is 0 Å². The molecular formula is C9H14O2Ru. The first kappa shape index (κ1) is 14.0. The Hall–Kier alpha value is -0.557. The van der Waals surface area contributed by atoms with Gasteiger partial charge in [-0.25, -0.2) is 0 Å². The molecule has 2 nitrogen and oxygen atoms in total. The Kier molecular flexibility index (Phi) is 15.2. The Labute approximate surface area is 81.3 Å². The molecule has 1 aliphatic carbocycles. The van der Waals surface area contributed by atoms with E-state index < -0.39 is 0 Å². The van der Waals surface area contributed by atoms with Gasteiger partial charge in [0, 0.05) is 0 Å². The Morgan fingerprint density at radius 2 is 2.00 bits per heavy atom. The standard InChI is InChI=1S/C5H5.C2H5.2CH2O.Ru/c1-2-4-5-3-1;3*1-2;/h1-3H,4H2;1H2,2H3;2*1H2;. The Balaban J connectivity index is 0. The number of rotatable bonds is 2. The molecule has 1 rings (SSSR count). The van der Waals surface area contributed by atoms with E-state index in [0.717, 1.165) is 0 Å². The molecule has 0 N–H and O–H groups in total. The van der Waals surface area contributed by atoms with Crippen molar-refractivity contribution in [1.29, 1.82) is 0 Å². The van der Waals surface area contributed by atoms with E-state index in [-0.39, 0.29) is 0 Å². The second kappa shape index (κ2) is 13.1. The first-order valence-corrected chi connectivity index (χ1v) is 5.53. The molecule has 0 amide bonds. The van der Waals surface area contributed by atoms with Crippen molar-refractivity contribution in [2.75, 3.05) is 0 Å². The van der Waals surface area contributed by atoms with Gasteiger partial charge in [0.05, 0.1) is 0 Å². The first-order valence-electron chi connectivity index (χ1n) is 3.43. The van der Waals surface area contributed by atoms with E-state index in [4.69, 9.17) is 9.59 Å². The van der Waals surface area contributed by atoms with Crippen molar-refractivity contribution in [3.05, 3.63) is 22.4 Å². The fourth-order valence-corrected chi connectivity index (χ4v) is 2.29. The van der Waals surface area contributed by atoms with E-state index in [2.05, 4.69) is 25.2 Å². The van der Waals surface area contributed by atoms with Crippen molar-refractivity contribution in [1.82, 2.24) is 0 Å². The van der Waals surface area contributed by atoms with Crippen LogP contribution in [-0.2, 0) is 26.7 Å². The Morgan fingerprint density at radius 1 is 1.42 bits per heavy atom. The summed E-state index contributed by atoms with van der Waals surface area (Å²) >= 11 is 0.580. The van der Waals surface area contributed by atoms with Gasteiger partial charge in [-0.05, 0) is 0 Å². The molecule has 0 bridgehead atoms. The van der Waals surface area contributed by atoms with E-state index >= 15 is 0 Å². The fraction of sp³-hybridized carbons (Fsp3) is 0.333. The zero-order valence-corrected chi connectivity index (χ0v) is 8.97. The molecule has 0 saturated heterocycles. The summed E-state index contributed by atoms with van der Waals surface area (Å²) in [4.78, 5) is 16.0. The molecular weight excluding hydrogens is 241 g/mol. The van der Waals surface area contributed by atoms with Crippen molar-refractivity contribution in [2.45, 2.75) is 18.4 Å². The fourth-order valence-electron chi connectivity index (χ4n) is 0.669. The van der Waals surface area contributed by atoms with E-state index in [1.807, 2.05) is 13.6 Å². The summed E-state index contributed by atoms with van der Waals surface area (Å²) in [5, 5.41) is 1.38. The summed E-state index contributed by atoms with van der Waals surface area (Å²) in [6.45, 7) is 6.26. The summed E-state index contributed by atoms with van der Waals surface area (Å²) in [7, 11) is 0. The van der Waals surface area contributed by atoms with Gasteiger partial charge in [0.1, 0.15) is 13.6 Å². The van der Waals surface area contributed by atoms with Crippen LogP contribution in [-0.4, -0.2) is 13.6 Å². The van der Waals surface area contributed by atoms with Crippen molar-refractivity contribution < 1.29 is 26.7 Å². The van der Waals surface area contributed by atoms with Gasteiger partial charge in [0.25, 0.3) is 0 Å². The molecule has 0 unspecified atom stereocenters. The van der Waals surface area contributed by atoms with Crippen LogP contribution in [0.2, 0.25) is 5.02 Å². The monoisotopic (exact) mass is 256 g/mol. The third-order valence-electron chi connectivity index (χ3n) is 1.00. The van der Waals surface area contributed by atoms with Crippen LogP contribution in [0.15, 0.2) is 22.4 Å². The van der Waals surface area contributed by atoms with Gasteiger partial charge < -0.3 is 9.59 Å². The van der Waals surface area contributed by atoms with E-state index in [0.29, 0.717) is 17.1 Å². The van der Waals surface area contributed by atoms with Crippen LogP contribution in [0.5, 0.6) is 0 Å². The second-order valence-electron chi connectivity index (χ2n) is 1.61. The molecule has 0 saturated carbocycles. The number of carbonyl (C=O) groups is 2. The second-order valence-corrected chi connectivity index (χ2v) is 4.56. The van der Waals surface area contributed by atoms with Crippen LogP contribution in [0.1, 0.15) is 13.3 Å². The van der Waals surface area contributed by atoms with Crippen LogP contribution in [0.4, 0.5) is 0 Å². The predicted octanol–water partition coefficient (Wildman–Crippen LogP) is 1.98. The third kappa shape index (κ3) is 7.55. The average molecular weight is 255 g/mol. The summed E-state index contributed by atoms with van der Waals surface area (Å²) in [6, 6.07) is 0. The summed E-state index contributed by atoms with van der Waals surface area (Å²) in [6.07, 6.45) is 7.91. The molecule has 0 heterocycles. The van der Waals surface area contributed by atoms with Crippen molar-refractivity contribution in [3.63, 3.8) is 0 Å². The minimum atomic E-state index is 0.580. The SMILES string of the molecule is C=O.C=O.C[CH2][Ru][C]1=CC=CC1. The molecule has 12 heavy (non-hydrogen) atoms. The average Bonchev–Trinajstić information content (AvgIpc) is 2.65. The Morgan fingerprint density at radius 3 is 2.33 bits per heavy atom. The molecule has 0 radical (unpaired) electrons. The van der Waals surface area contributed by atoms with E-state index in [9.17, 15) is 0 Å². The van der Waals surface area contributed by atoms with Gasteiger partial charge in [0.2, 0.25) is 0 Å². The molecule has 0 aromatic heterocycles. The zero-order chi connectivity index (χ0) is 9.82. The van der Waals surface area contributed by atoms with Gasteiger partial charge in [0.15, 0.2) is 0 Å². The van der Waals surface area contributed by atoms with Gasteiger partial charge in [-0.1, -0.05) is 0 Å².